The SMILES string of the molecule is Cc1nc(CN(C)CC(N)Cc2ccccc2)cs1. The van der Waals surface area contributed by atoms with Gasteiger partial charge in [-0.25, -0.2) is 4.98 Å². The third-order valence-corrected chi connectivity index (χ3v) is 3.81. The first-order valence-electron chi connectivity index (χ1n) is 6.52. The lowest BCUT2D eigenvalue weighted by atomic mass is 10.1. The summed E-state index contributed by atoms with van der Waals surface area (Å²) in [5.41, 5.74) is 8.64. The molecule has 0 amide bonds. The fraction of sp³-hybridized carbons (Fsp3) is 0.400. The van der Waals surface area contributed by atoms with Gasteiger partial charge in [-0.15, -0.1) is 11.3 Å². The van der Waals surface area contributed by atoms with Crippen LogP contribution in [0.2, 0.25) is 0 Å². The van der Waals surface area contributed by atoms with Gasteiger partial charge in [-0.05, 0) is 26.0 Å². The minimum Gasteiger partial charge on any atom is -0.326 e. The van der Waals surface area contributed by atoms with Gasteiger partial charge >= 0.3 is 0 Å². The maximum atomic E-state index is 6.21. The Hall–Kier alpha value is -1.23. The molecule has 1 unspecified atom stereocenters. The van der Waals surface area contributed by atoms with Crippen molar-refractivity contribution in [2.45, 2.75) is 25.9 Å². The average Bonchev–Trinajstić information content (AvgIpc) is 2.75. The van der Waals surface area contributed by atoms with Crippen molar-refractivity contribution in [2.24, 2.45) is 5.73 Å². The van der Waals surface area contributed by atoms with Gasteiger partial charge in [0, 0.05) is 24.5 Å². The molecule has 1 aromatic heterocycles. The Balaban J connectivity index is 1.80. The molecule has 0 saturated heterocycles. The number of hydrogen-bond acceptors (Lipinski definition) is 4. The van der Waals surface area contributed by atoms with Gasteiger partial charge in [0.15, 0.2) is 0 Å². The van der Waals surface area contributed by atoms with Gasteiger partial charge < -0.3 is 5.73 Å². The van der Waals surface area contributed by atoms with Crippen LogP contribution >= 0.6 is 11.3 Å². The minimum absolute atomic E-state index is 0.159. The van der Waals surface area contributed by atoms with E-state index in [1.807, 2.05) is 13.0 Å². The summed E-state index contributed by atoms with van der Waals surface area (Å²) in [5, 5.41) is 3.24. The van der Waals surface area contributed by atoms with Crippen molar-refractivity contribution in [1.82, 2.24) is 9.88 Å². The van der Waals surface area contributed by atoms with Crippen LogP contribution in [-0.4, -0.2) is 29.5 Å². The van der Waals surface area contributed by atoms with E-state index in [1.54, 1.807) is 11.3 Å². The van der Waals surface area contributed by atoms with E-state index in [4.69, 9.17) is 5.73 Å². The molecule has 0 fully saturated rings. The zero-order valence-corrected chi connectivity index (χ0v) is 12.4. The van der Waals surface area contributed by atoms with Crippen molar-refractivity contribution in [1.29, 1.82) is 0 Å². The minimum atomic E-state index is 0.159. The molecule has 2 N–H and O–H groups in total. The highest BCUT2D eigenvalue weighted by atomic mass is 32.1. The van der Waals surface area contributed by atoms with Crippen molar-refractivity contribution in [3.8, 4) is 0 Å². The zero-order chi connectivity index (χ0) is 13.7. The maximum Gasteiger partial charge on any atom is 0.0897 e. The van der Waals surface area contributed by atoms with Crippen molar-refractivity contribution in [3.63, 3.8) is 0 Å². The molecule has 0 spiro atoms. The van der Waals surface area contributed by atoms with Gasteiger partial charge in [0.25, 0.3) is 0 Å². The third kappa shape index (κ3) is 4.74. The standard InChI is InChI=1S/C15H21N3S/c1-12-17-15(11-19-12)10-18(2)9-14(16)8-13-6-4-3-5-7-13/h3-7,11,14H,8-10,16H2,1-2H3. The number of aromatic nitrogens is 1. The molecule has 0 saturated carbocycles. The van der Waals surface area contributed by atoms with Crippen LogP contribution in [0.3, 0.4) is 0 Å². The van der Waals surface area contributed by atoms with Crippen LogP contribution in [0.4, 0.5) is 0 Å². The average molecular weight is 275 g/mol. The predicted molar refractivity (Wildman–Crippen MR) is 81.3 cm³/mol. The first kappa shape index (κ1) is 14.2. The molecule has 3 nitrogen and oxygen atoms in total. The molecule has 1 atom stereocenters. The van der Waals surface area contributed by atoms with Crippen LogP contribution in [0, 0.1) is 6.92 Å². The highest BCUT2D eigenvalue weighted by Crippen LogP contribution is 2.10. The van der Waals surface area contributed by atoms with Crippen molar-refractivity contribution in [2.75, 3.05) is 13.6 Å². The fourth-order valence-corrected chi connectivity index (χ4v) is 2.81. The molecule has 2 rings (SSSR count). The van der Waals surface area contributed by atoms with Crippen LogP contribution in [0.25, 0.3) is 0 Å². The Morgan fingerprint density at radius 1 is 1.32 bits per heavy atom. The Bertz CT molecular complexity index is 495. The molecule has 19 heavy (non-hydrogen) atoms. The molecule has 102 valence electrons. The first-order chi connectivity index (χ1) is 9.13. The summed E-state index contributed by atoms with van der Waals surface area (Å²) < 4.78 is 0. The maximum absolute atomic E-state index is 6.21. The van der Waals surface area contributed by atoms with Crippen molar-refractivity contribution in [3.05, 3.63) is 52.0 Å². The van der Waals surface area contributed by atoms with Crippen LogP contribution < -0.4 is 5.73 Å². The number of rotatable bonds is 6. The second-order valence-corrected chi connectivity index (χ2v) is 6.07. The van der Waals surface area contributed by atoms with Crippen LogP contribution in [0.1, 0.15) is 16.3 Å². The first-order valence-corrected chi connectivity index (χ1v) is 7.40. The Morgan fingerprint density at radius 2 is 2.05 bits per heavy atom. The molecule has 2 aromatic rings. The largest absolute Gasteiger partial charge is 0.326 e. The van der Waals surface area contributed by atoms with Gasteiger partial charge in [-0.1, -0.05) is 30.3 Å². The van der Waals surface area contributed by atoms with Crippen LogP contribution in [0.5, 0.6) is 0 Å². The Morgan fingerprint density at radius 3 is 2.68 bits per heavy atom. The zero-order valence-electron chi connectivity index (χ0n) is 11.5. The Labute approximate surface area is 119 Å². The lowest BCUT2D eigenvalue weighted by Crippen LogP contribution is -2.36. The molecule has 0 aliphatic rings. The summed E-state index contributed by atoms with van der Waals surface area (Å²) in [6, 6.07) is 10.6. The van der Waals surface area contributed by atoms with E-state index in [0.717, 1.165) is 30.2 Å². The second kappa shape index (κ2) is 6.80. The van der Waals surface area contributed by atoms with Gasteiger partial charge in [0.05, 0.1) is 10.7 Å². The van der Waals surface area contributed by atoms with E-state index >= 15 is 0 Å². The van der Waals surface area contributed by atoms with E-state index in [9.17, 15) is 0 Å². The second-order valence-electron chi connectivity index (χ2n) is 5.00. The molecule has 0 radical (unpaired) electrons. The van der Waals surface area contributed by atoms with Gasteiger partial charge in [-0.3, -0.25) is 4.90 Å². The van der Waals surface area contributed by atoms with E-state index in [-0.39, 0.29) is 6.04 Å². The van der Waals surface area contributed by atoms with E-state index in [2.05, 4.69) is 46.6 Å². The third-order valence-electron chi connectivity index (χ3n) is 2.99. The molecule has 1 heterocycles. The number of aryl methyl sites for hydroxylation is 1. The number of benzene rings is 1. The Kier molecular flexibility index (Phi) is 5.07. The number of nitrogens with two attached hydrogens (primary N) is 1. The normalized spacial score (nSPS) is 12.8. The highest BCUT2D eigenvalue weighted by molar-refractivity contribution is 7.09. The smallest absolute Gasteiger partial charge is 0.0897 e. The summed E-state index contributed by atoms with van der Waals surface area (Å²) in [5.74, 6) is 0. The summed E-state index contributed by atoms with van der Waals surface area (Å²) in [6.45, 7) is 3.79. The lowest BCUT2D eigenvalue weighted by Gasteiger charge is -2.20. The van der Waals surface area contributed by atoms with Crippen LogP contribution in [0.15, 0.2) is 35.7 Å². The monoisotopic (exact) mass is 275 g/mol. The highest BCUT2D eigenvalue weighted by Gasteiger charge is 2.09. The van der Waals surface area contributed by atoms with Crippen molar-refractivity contribution >= 4 is 11.3 Å². The quantitative estimate of drug-likeness (QED) is 0.880. The summed E-state index contributed by atoms with van der Waals surface area (Å²) in [6.07, 6.45) is 0.918. The van der Waals surface area contributed by atoms with E-state index < -0.39 is 0 Å². The number of likely N-dealkylation sites (N-methyl/N-ethyl adjacent to an activating group) is 1. The lowest BCUT2D eigenvalue weighted by molar-refractivity contribution is 0.299. The molecule has 0 aliphatic heterocycles. The van der Waals surface area contributed by atoms with Crippen LogP contribution in [-0.2, 0) is 13.0 Å². The number of nitrogens with zero attached hydrogens (tertiary/aromatic N) is 2. The predicted octanol–water partition coefficient (Wildman–Crippen LogP) is 2.45. The molecular formula is C15H21N3S. The molecule has 1 aromatic carbocycles. The van der Waals surface area contributed by atoms with E-state index in [1.165, 1.54) is 5.56 Å². The summed E-state index contributed by atoms with van der Waals surface area (Å²) in [4.78, 5) is 6.72. The van der Waals surface area contributed by atoms with Gasteiger partial charge in [-0.2, -0.15) is 0 Å². The summed E-state index contributed by atoms with van der Waals surface area (Å²) in [7, 11) is 2.10. The number of thiazole rings is 1. The van der Waals surface area contributed by atoms with Gasteiger partial charge in [0.1, 0.15) is 0 Å². The molecule has 0 aliphatic carbocycles. The topological polar surface area (TPSA) is 42.2 Å². The fourth-order valence-electron chi connectivity index (χ4n) is 2.20. The molecular weight excluding hydrogens is 254 g/mol. The van der Waals surface area contributed by atoms with Crippen molar-refractivity contribution < 1.29 is 0 Å². The summed E-state index contributed by atoms with van der Waals surface area (Å²) >= 11 is 1.70. The van der Waals surface area contributed by atoms with E-state index in [0.29, 0.717) is 0 Å². The van der Waals surface area contributed by atoms with Gasteiger partial charge in [0.2, 0.25) is 0 Å². The molecule has 0 bridgehead atoms. The molecule has 4 heteroatoms. The number of hydrogen-bond donors (Lipinski definition) is 1.